The van der Waals surface area contributed by atoms with Crippen LogP contribution in [0.25, 0.3) is 0 Å². The summed E-state index contributed by atoms with van der Waals surface area (Å²) in [6.07, 6.45) is 0.563. The van der Waals surface area contributed by atoms with Crippen molar-refractivity contribution >= 4 is 17.3 Å². The molecular formula is C11H16N2O3S. The topological polar surface area (TPSA) is 73.7 Å². The first-order chi connectivity index (χ1) is 8.06. The van der Waals surface area contributed by atoms with Gasteiger partial charge in [-0.1, -0.05) is 6.92 Å². The summed E-state index contributed by atoms with van der Waals surface area (Å²) in [5, 5.41) is 20.3. The molecule has 0 saturated carbocycles. The van der Waals surface area contributed by atoms with E-state index in [0.717, 1.165) is 36.5 Å². The molecule has 17 heavy (non-hydrogen) atoms. The van der Waals surface area contributed by atoms with E-state index in [1.165, 1.54) is 0 Å². The normalized spacial score (nSPS) is 26.0. The molecule has 1 aromatic heterocycles. The monoisotopic (exact) mass is 256 g/mol. The van der Waals surface area contributed by atoms with E-state index in [-0.39, 0.29) is 17.0 Å². The highest BCUT2D eigenvalue weighted by molar-refractivity contribution is 7.11. The van der Waals surface area contributed by atoms with Crippen LogP contribution < -0.4 is 0 Å². The number of hydrogen-bond donors (Lipinski definition) is 2. The molecule has 6 heteroatoms. The predicted molar refractivity (Wildman–Crippen MR) is 64.1 cm³/mol. The number of aromatic nitrogens is 1. The first-order valence-electron chi connectivity index (χ1n) is 5.64. The minimum atomic E-state index is -0.969. The number of aromatic carboxylic acids is 1. The summed E-state index contributed by atoms with van der Waals surface area (Å²) in [6, 6.07) is 0. The van der Waals surface area contributed by atoms with Crippen molar-refractivity contribution < 1.29 is 15.0 Å². The van der Waals surface area contributed by atoms with Crippen LogP contribution in [-0.4, -0.2) is 45.3 Å². The molecule has 0 aromatic carbocycles. The SMILES string of the molecule is CC1CN(Cc2csc(C(=O)O)n2)CCC1O. The highest BCUT2D eigenvalue weighted by atomic mass is 32.1. The molecule has 0 aliphatic carbocycles. The lowest BCUT2D eigenvalue weighted by molar-refractivity contribution is 0.0316. The van der Waals surface area contributed by atoms with Gasteiger partial charge in [-0.05, 0) is 12.3 Å². The van der Waals surface area contributed by atoms with Crippen LogP contribution in [0.5, 0.6) is 0 Å². The number of piperidine rings is 1. The third-order valence-electron chi connectivity index (χ3n) is 3.06. The molecule has 1 aliphatic rings. The molecule has 0 bridgehead atoms. The fourth-order valence-electron chi connectivity index (χ4n) is 2.07. The van der Waals surface area contributed by atoms with Gasteiger partial charge in [0.1, 0.15) is 0 Å². The summed E-state index contributed by atoms with van der Waals surface area (Å²) in [5.74, 6) is -0.704. The van der Waals surface area contributed by atoms with Crippen molar-refractivity contribution in [3.63, 3.8) is 0 Å². The van der Waals surface area contributed by atoms with Gasteiger partial charge >= 0.3 is 5.97 Å². The highest BCUT2D eigenvalue weighted by Gasteiger charge is 2.24. The largest absolute Gasteiger partial charge is 0.476 e. The third-order valence-corrected chi connectivity index (χ3v) is 3.94. The molecule has 94 valence electrons. The van der Waals surface area contributed by atoms with Crippen LogP contribution >= 0.6 is 11.3 Å². The van der Waals surface area contributed by atoms with Gasteiger partial charge in [-0.3, -0.25) is 4.90 Å². The zero-order valence-electron chi connectivity index (χ0n) is 9.67. The number of thiazole rings is 1. The third kappa shape index (κ3) is 3.02. The number of nitrogens with zero attached hydrogens (tertiary/aromatic N) is 2. The second-order valence-electron chi connectivity index (χ2n) is 4.52. The first-order valence-corrected chi connectivity index (χ1v) is 6.52. The van der Waals surface area contributed by atoms with Crippen molar-refractivity contribution in [3.8, 4) is 0 Å². The van der Waals surface area contributed by atoms with Crippen molar-refractivity contribution in [2.45, 2.75) is 26.0 Å². The molecule has 2 unspecified atom stereocenters. The van der Waals surface area contributed by atoms with Gasteiger partial charge < -0.3 is 10.2 Å². The Morgan fingerprint density at radius 3 is 3.06 bits per heavy atom. The van der Waals surface area contributed by atoms with Gasteiger partial charge in [-0.2, -0.15) is 0 Å². The molecule has 1 aliphatic heterocycles. The average molecular weight is 256 g/mol. The molecule has 0 amide bonds. The van der Waals surface area contributed by atoms with Gasteiger partial charge in [-0.15, -0.1) is 11.3 Å². The number of aliphatic hydroxyl groups is 1. The van der Waals surface area contributed by atoms with Gasteiger partial charge in [0, 0.05) is 25.0 Å². The summed E-state index contributed by atoms with van der Waals surface area (Å²) in [7, 11) is 0. The smallest absolute Gasteiger partial charge is 0.365 e. The number of carbonyl (C=O) groups is 1. The molecule has 2 heterocycles. The molecule has 2 rings (SSSR count). The summed E-state index contributed by atoms with van der Waals surface area (Å²) in [6.45, 7) is 4.37. The molecule has 1 aromatic rings. The number of rotatable bonds is 3. The summed E-state index contributed by atoms with van der Waals surface area (Å²) < 4.78 is 0. The van der Waals surface area contributed by atoms with Crippen LogP contribution in [0.15, 0.2) is 5.38 Å². The van der Waals surface area contributed by atoms with Crippen molar-refractivity contribution in [3.05, 3.63) is 16.1 Å². The van der Waals surface area contributed by atoms with Gasteiger partial charge in [0.15, 0.2) is 0 Å². The molecule has 2 atom stereocenters. The van der Waals surface area contributed by atoms with Crippen LogP contribution in [-0.2, 0) is 6.54 Å². The summed E-state index contributed by atoms with van der Waals surface area (Å²) in [4.78, 5) is 17.0. The van der Waals surface area contributed by atoms with Gasteiger partial charge in [0.2, 0.25) is 5.01 Å². The second kappa shape index (κ2) is 5.12. The van der Waals surface area contributed by atoms with E-state index < -0.39 is 5.97 Å². The fourth-order valence-corrected chi connectivity index (χ4v) is 2.72. The maximum atomic E-state index is 10.7. The Labute approximate surface area is 104 Å². The average Bonchev–Trinajstić information content (AvgIpc) is 2.72. The van der Waals surface area contributed by atoms with Crippen molar-refractivity contribution in [1.82, 2.24) is 9.88 Å². The van der Waals surface area contributed by atoms with E-state index in [4.69, 9.17) is 5.11 Å². The summed E-state index contributed by atoms with van der Waals surface area (Å²) >= 11 is 1.16. The number of likely N-dealkylation sites (tertiary alicyclic amines) is 1. The Balaban J connectivity index is 1.94. The van der Waals surface area contributed by atoms with Crippen molar-refractivity contribution in [1.29, 1.82) is 0 Å². The first kappa shape index (κ1) is 12.5. The Bertz CT molecular complexity index is 407. The Morgan fingerprint density at radius 1 is 1.71 bits per heavy atom. The van der Waals surface area contributed by atoms with Crippen LogP contribution in [0.3, 0.4) is 0 Å². The number of aliphatic hydroxyl groups excluding tert-OH is 1. The second-order valence-corrected chi connectivity index (χ2v) is 5.38. The lowest BCUT2D eigenvalue weighted by Gasteiger charge is -2.33. The maximum Gasteiger partial charge on any atom is 0.365 e. The van der Waals surface area contributed by atoms with Crippen LogP contribution in [0.2, 0.25) is 0 Å². The Morgan fingerprint density at radius 2 is 2.47 bits per heavy atom. The number of carboxylic acid groups (broad SMARTS) is 1. The lowest BCUT2D eigenvalue weighted by atomic mass is 9.97. The zero-order chi connectivity index (χ0) is 12.4. The van der Waals surface area contributed by atoms with Crippen molar-refractivity contribution in [2.75, 3.05) is 13.1 Å². The minimum Gasteiger partial charge on any atom is -0.476 e. The maximum absolute atomic E-state index is 10.7. The lowest BCUT2D eigenvalue weighted by Crippen LogP contribution is -2.41. The quantitative estimate of drug-likeness (QED) is 0.845. The molecule has 0 radical (unpaired) electrons. The van der Waals surface area contributed by atoms with Gasteiger partial charge in [0.25, 0.3) is 0 Å². The zero-order valence-corrected chi connectivity index (χ0v) is 10.5. The van der Waals surface area contributed by atoms with E-state index in [1.54, 1.807) is 5.38 Å². The van der Waals surface area contributed by atoms with Gasteiger partial charge in [0.05, 0.1) is 11.8 Å². The minimum absolute atomic E-state index is 0.144. The van der Waals surface area contributed by atoms with Crippen LogP contribution in [0.4, 0.5) is 0 Å². The standard InChI is InChI=1S/C11H16N2O3S/c1-7-4-13(3-2-9(7)14)5-8-6-17-10(12-8)11(15)16/h6-7,9,14H,2-5H2,1H3,(H,15,16). The molecule has 1 fully saturated rings. The number of hydrogen-bond acceptors (Lipinski definition) is 5. The molecule has 2 N–H and O–H groups in total. The Hall–Kier alpha value is -0.980. The summed E-state index contributed by atoms with van der Waals surface area (Å²) in [5.41, 5.74) is 0.802. The molecule has 1 saturated heterocycles. The van der Waals surface area contributed by atoms with E-state index in [1.807, 2.05) is 6.92 Å². The fraction of sp³-hybridized carbons (Fsp3) is 0.636. The Kier molecular flexibility index (Phi) is 3.76. The molecular weight excluding hydrogens is 240 g/mol. The molecule has 5 nitrogen and oxygen atoms in total. The van der Waals surface area contributed by atoms with E-state index >= 15 is 0 Å². The van der Waals surface area contributed by atoms with E-state index in [2.05, 4.69) is 9.88 Å². The van der Waals surface area contributed by atoms with E-state index in [0.29, 0.717) is 6.54 Å². The van der Waals surface area contributed by atoms with Gasteiger partial charge in [-0.25, -0.2) is 9.78 Å². The van der Waals surface area contributed by atoms with Crippen molar-refractivity contribution in [2.24, 2.45) is 5.92 Å². The number of carboxylic acids is 1. The van der Waals surface area contributed by atoms with Crippen LogP contribution in [0, 0.1) is 5.92 Å². The van der Waals surface area contributed by atoms with E-state index in [9.17, 15) is 9.90 Å². The predicted octanol–water partition coefficient (Wildman–Crippen LogP) is 1.04. The molecule has 0 spiro atoms. The highest BCUT2D eigenvalue weighted by Crippen LogP contribution is 2.19. The van der Waals surface area contributed by atoms with Crippen LogP contribution in [0.1, 0.15) is 28.8 Å².